The van der Waals surface area contributed by atoms with E-state index in [0.717, 1.165) is 21.8 Å². The van der Waals surface area contributed by atoms with Gasteiger partial charge in [-0.2, -0.15) is 0 Å². The highest BCUT2D eigenvalue weighted by atomic mass is 32.1. The molecule has 0 spiro atoms. The summed E-state index contributed by atoms with van der Waals surface area (Å²) in [5.41, 5.74) is 2.68. The molecule has 4 nitrogen and oxygen atoms in total. The van der Waals surface area contributed by atoms with E-state index in [9.17, 15) is 4.79 Å². The van der Waals surface area contributed by atoms with Crippen molar-refractivity contribution in [3.63, 3.8) is 0 Å². The third-order valence-electron chi connectivity index (χ3n) is 4.26. The number of nitrogens with zero attached hydrogens (tertiary/aromatic N) is 2. The molecule has 0 saturated carbocycles. The zero-order valence-electron chi connectivity index (χ0n) is 15.3. The van der Waals surface area contributed by atoms with Crippen molar-refractivity contribution in [2.45, 2.75) is 19.6 Å². The van der Waals surface area contributed by atoms with E-state index < -0.39 is 0 Å². The zero-order valence-corrected chi connectivity index (χ0v) is 16.1. The van der Waals surface area contributed by atoms with Crippen LogP contribution in [0.15, 0.2) is 71.0 Å². The minimum Gasteiger partial charge on any atom is -0.496 e. The summed E-state index contributed by atoms with van der Waals surface area (Å²) in [5.74, 6) is 0.779. The van der Waals surface area contributed by atoms with E-state index in [1.54, 1.807) is 18.4 Å². The number of amides is 1. The van der Waals surface area contributed by atoms with E-state index in [1.807, 2.05) is 70.9 Å². The monoisotopic (exact) mass is 378 g/mol. The van der Waals surface area contributed by atoms with E-state index in [4.69, 9.17) is 4.74 Å². The van der Waals surface area contributed by atoms with Crippen LogP contribution in [-0.4, -0.2) is 24.6 Å². The van der Waals surface area contributed by atoms with Crippen LogP contribution in [0, 0.1) is 0 Å². The van der Waals surface area contributed by atoms with E-state index in [-0.39, 0.29) is 5.91 Å². The first-order valence-electron chi connectivity index (χ1n) is 8.66. The van der Waals surface area contributed by atoms with Crippen LogP contribution in [0.1, 0.15) is 26.4 Å². The summed E-state index contributed by atoms with van der Waals surface area (Å²) in [6.07, 6.45) is 0. The fourth-order valence-corrected chi connectivity index (χ4v) is 3.61. The molecule has 1 amide bonds. The van der Waals surface area contributed by atoms with E-state index >= 15 is 0 Å². The fraction of sp³-hybridized carbons (Fsp3) is 0.182. The third kappa shape index (κ3) is 4.83. The number of hydrogen-bond donors (Lipinski definition) is 0. The lowest BCUT2D eigenvalue weighted by Gasteiger charge is -2.23. The van der Waals surface area contributed by atoms with Crippen LogP contribution >= 0.6 is 11.3 Å². The molecule has 0 fully saturated rings. The van der Waals surface area contributed by atoms with Gasteiger partial charge in [0.05, 0.1) is 26.7 Å². The number of carbonyl (C=O) groups excluding carboxylic acids is 1. The van der Waals surface area contributed by atoms with Crippen molar-refractivity contribution in [3.05, 3.63) is 87.6 Å². The number of aliphatic imine (C=N–C) groups is 1. The summed E-state index contributed by atoms with van der Waals surface area (Å²) in [5, 5.41) is 2.03. The highest BCUT2D eigenvalue weighted by Crippen LogP contribution is 2.23. The van der Waals surface area contributed by atoms with Crippen molar-refractivity contribution in [2.24, 2.45) is 4.99 Å². The van der Waals surface area contributed by atoms with Gasteiger partial charge in [0.1, 0.15) is 5.75 Å². The lowest BCUT2D eigenvalue weighted by molar-refractivity contribution is 0.0730. The van der Waals surface area contributed by atoms with E-state index in [2.05, 4.69) is 11.7 Å². The number of hydrogen-bond acceptors (Lipinski definition) is 4. The SMILES string of the molecule is C=NCc1ccc(C(=O)N(Cc2cccs2)Cc2ccccc2OC)cc1. The Morgan fingerprint density at radius 1 is 1.07 bits per heavy atom. The molecule has 0 bridgehead atoms. The highest BCUT2D eigenvalue weighted by Gasteiger charge is 2.18. The first-order valence-corrected chi connectivity index (χ1v) is 9.54. The maximum absolute atomic E-state index is 13.2. The summed E-state index contributed by atoms with van der Waals surface area (Å²) in [6.45, 7) is 5.10. The van der Waals surface area contributed by atoms with E-state index in [0.29, 0.717) is 25.2 Å². The Hall–Kier alpha value is -2.92. The number of thiophene rings is 1. The molecule has 27 heavy (non-hydrogen) atoms. The Labute approximate surface area is 163 Å². The predicted molar refractivity (Wildman–Crippen MR) is 111 cm³/mol. The van der Waals surface area contributed by atoms with E-state index in [1.165, 1.54) is 0 Å². The molecule has 0 saturated heterocycles. The summed E-state index contributed by atoms with van der Waals surface area (Å²) in [4.78, 5) is 20.1. The largest absolute Gasteiger partial charge is 0.496 e. The molecule has 0 N–H and O–H groups in total. The standard InChI is InChI=1S/C22H22N2O2S/c1-23-14-17-9-11-18(12-10-17)22(25)24(16-20-7-5-13-27-20)15-19-6-3-4-8-21(19)26-2/h3-13H,1,14-16H2,2H3. The van der Waals surface area contributed by atoms with Crippen molar-refractivity contribution in [1.82, 2.24) is 4.90 Å². The van der Waals surface area contributed by atoms with Gasteiger partial charge in [0.25, 0.3) is 5.91 Å². The molecule has 1 heterocycles. The van der Waals surface area contributed by atoms with Crippen LogP contribution in [0.3, 0.4) is 0 Å². The molecular formula is C22H22N2O2S. The lowest BCUT2D eigenvalue weighted by Crippen LogP contribution is -2.30. The minimum absolute atomic E-state index is 0.00702. The number of benzene rings is 2. The van der Waals surface area contributed by atoms with Gasteiger partial charge < -0.3 is 9.64 Å². The molecule has 0 atom stereocenters. The quantitative estimate of drug-likeness (QED) is 0.528. The Morgan fingerprint density at radius 2 is 1.85 bits per heavy atom. The smallest absolute Gasteiger partial charge is 0.254 e. The molecule has 0 aliphatic heterocycles. The maximum Gasteiger partial charge on any atom is 0.254 e. The van der Waals surface area contributed by atoms with Crippen LogP contribution in [0.4, 0.5) is 0 Å². The Kier molecular flexibility index (Phi) is 6.39. The van der Waals surface area contributed by atoms with Crippen LogP contribution in [0.5, 0.6) is 5.75 Å². The predicted octanol–water partition coefficient (Wildman–Crippen LogP) is 4.80. The van der Waals surface area contributed by atoms with Gasteiger partial charge in [-0.15, -0.1) is 11.3 Å². The number of carbonyl (C=O) groups is 1. The molecule has 0 aliphatic carbocycles. The van der Waals surface area contributed by atoms with Gasteiger partial charge in [-0.3, -0.25) is 9.79 Å². The molecule has 0 unspecified atom stereocenters. The van der Waals surface area contributed by atoms with Crippen LogP contribution in [0.2, 0.25) is 0 Å². The van der Waals surface area contributed by atoms with Gasteiger partial charge in [-0.05, 0) is 41.9 Å². The number of ether oxygens (including phenoxy) is 1. The Balaban J connectivity index is 1.86. The zero-order chi connectivity index (χ0) is 19.1. The maximum atomic E-state index is 13.2. The van der Waals surface area contributed by atoms with Crippen molar-refractivity contribution in [2.75, 3.05) is 7.11 Å². The highest BCUT2D eigenvalue weighted by molar-refractivity contribution is 7.09. The van der Waals surface area contributed by atoms with Crippen LogP contribution in [-0.2, 0) is 19.6 Å². The van der Waals surface area contributed by atoms with Gasteiger partial charge >= 0.3 is 0 Å². The molecule has 0 radical (unpaired) electrons. The van der Waals surface area contributed by atoms with Crippen molar-refractivity contribution >= 4 is 24.0 Å². The topological polar surface area (TPSA) is 41.9 Å². The summed E-state index contributed by atoms with van der Waals surface area (Å²) < 4.78 is 5.46. The Morgan fingerprint density at radius 3 is 2.52 bits per heavy atom. The summed E-state index contributed by atoms with van der Waals surface area (Å²) in [6, 6.07) is 19.4. The molecule has 1 aromatic heterocycles. The van der Waals surface area contributed by atoms with Crippen molar-refractivity contribution in [1.29, 1.82) is 0 Å². The van der Waals surface area contributed by atoms with Crippen LogP contribution < -0.4 is 4.74 Å². The van der Waals surface area contributed by atoms with Crippen LogP contribution in [0.25, 0.3) is 0 Å². The molecule has 0 aliphatic rings. The lowest BCUT2D eigenvalue weighted by atomic mass is 10.1. The third-order valence-corrected chi connectivity index (χ3v) is 5.12. The molecule has 2 aromatic carbocycles. The first-order chi connectivity index (χ1) is 13.2. The van der Waals surface area contributed by atoms with Crippen molar-refractivity contribution < 1.29 is 9.53 Å². The normalized spacial score (nSPS) is 10.4. The number of para-hydroxylation sites is 1. The second kappa shape index (κ2) is 9.14. The van der Waals surface area contributed by atoms with Gasteiger partial charge in [0.15, 0.2) is 0 Å². The molecular weight excluding hydrogens is 356 g/mol. The summed E-state index contributed by atoms with van der Waals surface area (Å²) in [7, 11) is 1.65. The van der Waals surface area contributed by atoms with Crippen molar-refractivity contribution in [3.8, 4) is 5.75 Å². The summed E-state index contributed by atoms with van der Waals surface area (Å²) >= 11 is 1.65. The minimum atomic E-state index is -0.00702. The average Bonchev–Trinajstić information content (AvgIpc) is 3.21. The average molecular weight is 378 g/mol. The number of rotatable bonds is 8. The van der Waals surface area contributed by atoms with Gasteiger partial charge in [-0.1, -0.05) is 36.4 Å². The second-order valence-electron chi connectivity index (χ2n) is 6.13. The van der Waals surface area contributed by atoms with Gasteiger partial charge in [-0.25, -0.2) is 0 Å². The number of methoxy groups -OCH3 is 1. The molecule has 5 heteroatoms. The first kappa shape index (κ1) is 18.9. The fourth-order valence-electron chi connectivity index (χ4n) is 2.89. The molecule has 138 valence electrons. The van der Waals surface area contributed by atoms with Gasteiger partial charge in [0.2, 0.25) is 0 Å². The molecule has 3 aromatic rings. The second-order valence-corrected chi connectivity index (χ2v) is 7.16. The Bertz CT molecular complexity index is 889. The van der Waals surface area contributed by atoms with Gasteiger partial charge in [0, 0.05) is 16.0 Å². The molecule has 3 rings (SSSR count).